The van der Waals surface area contributed by atoms with Crippen LogP contribution in [0.4, 0.5) is 5.69 Å². The Bertz CT molecular complexity index is 1280. The molecule has 0 aliphatic carbocycles. The van der Waals surface area contributed by atoms with Crippen molar-refractivity contribution in [1.29, 1.82) is 0 Å². The van der Waals surface area contributed by atoms with Crippen LogP contribution in [0.1, 0.15) is 11.1 Å². The van der Waals surface area contributed by atoms with Crippen LogP contribution in [0.2, 0.25) is 0 Å². The Labute approximate surface area is 208 Å². The number of nitrogens with one attached hydrogen (secondary N) is 1. The molecule has 2 aromatic carbocycles. The fourth-order valence-electron chi connectivity index (χ4n) is 3.33. The molecule has 0 aliphatic heterocycles. The molecule has 4 aromatic rings. The van der Waals surface area contributed by atoms with Crippen LogP contribution in [0, 0.1) is 6.92 Å². The number of hydrogen-bond acceptors (Lipinski definition) is 5. The molecule has 1 N–H and O–H groups in total. The Kier molecular flexibility index (Phi) is 7.49. The smallest absolute Gasteiger partial charge is 0.209 e. The summed E-state index contributed by atoms with van der Waals surface area (Å²) in [5.41, 5.74) is 5.04. The average molecular weight is 541 g/mol. The lowest BCUT2D eigenvalue weighted by atomic mass is 10.0. The highest BCUT2D eigenvalue weighted by atomic mass is 79.9. The second-order valence-electron chi connectivity index (χ2n) is 7.62. The molecule has 0 bridgehead atoms. The third kappa shape index (κ3) is 5.83. The highest BCUT2D eigenvalue weighted by Gasteiger charge is 2.14. The standard InChI is InChI=1S/C25H22BrN3O2S2/c1-17-6-7-18(10-20(17)15-29(2)16-30)24-8-9-25(32-24)19-11-22(14-27-13-19)28-33(31)23-5-3-4-21(26)12-23/h3-14,16,28H,15H2,1-2H3. The molecule has 0 radical (unpaired) electrons. The van der Waals surface area contributed by atoms with E-state index in [2.05, 4.69) is 62.9 Å². The van der Waals surface area contributed by atoms with Crippen LogP contribution in [0.25, 0.3) is 20.9 Å². The van der Waals surface area contributed by atoms with E-state index >= 15 is 0 Å². The van der Waals surface area contributed by atoms with E-state index in [1.54, 1.807) is 29.5 Å². The number of aromatic nitrogens is 1. The molecule has 0 spiro atoms. The maximum absolute atomic E-state index is 12.7. The summed E-state index contributed by atoms with van der Waals surface area (Å²) in [7, 11) is 1.78. The molecule has 1 atom stereocenters. The summed E-state index contributed by atoms with van der Waals surface area (Å²) in [5, 5.41) is 0. The van der Waals surface area contributed by atoms with Gasteiger partial charge in [-0.05, 0) is 60.0 Å². The number of anilines is 1. The Balaban J connectivity index is 1.54. The fourth-order valence-corrected chi connectivity index (χ4v) is 5.74. The lowest BCUT2D eigenvalue weighted by molar-refractivity contribution is -0.117. The van der Waals surface area contributed by atoms with E-state index in [0.29, 0.717) is 17.1 Å². The van der Waals surface area contributed by atoms with Crippen molar-refractivity contribution in [2.24, 2.45) is 0 Å². The van der Waals surface area contributed by atoms with Crippen molar-refractivity contribution < 1.29 is 9.35 Å². The first-order valence-corrected chi connectivity index (χ1v) is 12.9. The Morgan fingerprint density at radius 3 is 2.64 bits per heavy atom. The van der Waals surface area contributed by atoms with Gasteiger partial charge in [0.15, 0.2) is 4.90 Å². The van der Waals surface area contributed by atoms with Crippen molar-refractivity contribution in [3.8, 4) is 20.9 Å². The van der Waals surface area contributed by atoms with Gasteiger partial charge in [-0.25, -0.2) is 4.72 Å². The Morgan fingerprint density at radius 2 is 1.88 bits per heavy atom. The Morgan fingerprint density at radius 1 is 1.09 bits per heavy atom. The van der Waals surface area contributed by atoms with Gasteiger partial charge in [0.2, 0.25) is 6.41 Å². The molecule has 2 aromatic heterocycles. The predicted molar refractivity (Wildman–Crippen MR) is 139 cm³/mol. The van der Waals surface area contributed by atoms with E-state index in [1.165, 1.54) is 0 Å². The molecule has 168 valence electrons. The van der Waals surface area contributed by atoms with Crippen molar-refractivity contribution in [2.45, 2.75) is 18.4 Å². The third-order valence-corrected chi connectivity index (χ3v) is 7.86. The van der Waals surface area contributed by atoms with Crippen LogP contribution in [-0.2, 0) is 22.7 Å². The van der Waals surface area contributed by atoms with Crippen molar-refractivity contribution >= 4 is 50.7 Å². The topological polar surface area (TPSA) is 68.3 Å². The molecule has 33 heavy (non-hydrogen) atoms. The minimum absolute atomic E-state index is 0.578. The first-order valence-electron chi connectivity index (χ1n) is 10.2. The second-order valence-corrected chi connectivity index (χ2v) is 10.8. The highest BCUT2D eigenvalue weighted by Crippen LogP contribution is 2.36. The number of benzene rings is 2. The van der Waals surface area contributed by atoms with Gasteiger partial charge in [0.25, 0.3) is 0 Å². The van der Waals surface area contributed by atoms with E-state index in [9.17, 15) is 9.35 Å². The van der Waals surface area contributed by atoms with Gasteiger partial charge in [0.05, 0.1) is 6.20 Å². The van der Waals surface area contributed by atoms with Gasteiger partial charge in [0.1, 0.15) is 17.0 Å². The first-order chi connectivity index (χ1) is 15.9. The number of amides is 1. The fraction of sp³-hybridized carbons (Fsp3) is 0.120. The number of pyridine rings is 1. The van der Waals surface area contributed by atoms with Crippen LogP contribution < -0.4 is 4.72 Å². The molecule has 1 unspecified atom stereocenters. The summed E-state index contributed by atoms with van der Waals surface area (Å²) in [6.45, 7) is 2.63. The monoisotopic (exact) mass is 539 g/mol. The molecule has 8 heteroatoms. The van der Waals surface area contributed by atoms with E-state index in [1.807, 2.05) is 36.5 Å². The lowest BCUT2D eigenvalue weighted by Gasteiger charge is -2.14. The number of nitrogens with zero attached hydrogens (tertiary/aromatic N) is 2. The molecule has 1 amide bonds. The molecular formula is C25H22BrN3O2S2. The number of hydrogen-bond donors (Lipinski definition) is 1. The number of aryl methyl sites for hydroxylation is 1. The summed E-state index contributed by atoms with van der Waals surface area (Å²) >= 11 is 3.69. The quantitative estimate of drug-likeness (QED) is 0.211. The van der Waals surface area contributed by atoms with Gasteiger partial charge < -0.3 is 9.45 Å². The molecular weight excluding hydrogens is 518 g/mol. The zero-order valence-electron chi connectivity index (χ0n) is 18.1. The minimum atomic E-state index is -1.39. The van der Waals surface area contributed by atoms with Crippen molar-refractivity contribution in [2.75, 3.05) is 11.8 Å². The number of rotatable bonds is 8. The van der Waals surface area contributed by atoms with Crippen LogP contribution in [0.3, 0.4) is 0 Å². The molecule has 2 heterocycles. The summed E-state index contributed by atoms with van der Waals surface area (Å²) in [6.07, 6.45) is 4.32. The molecule has 5 nitrogen and oxygen atoms in total. The van der Waals surface area contributed by atoms with Gasteiger partial charge in [0, 0.05) is 45.6 Å². The maximum Gasteiger partial charge on any atom is 0.209 e. The second kappa shape index (κ2) is 10.5. The van der Waals surface area contributed by atoms with Gasteiger partial charge in [-0.2, -0.15) is 0 Å². The van der Waals surface area contributed by atoms with Crippen molar-refractivity contribution in [3.63, 3.8) is 0 Å². The zero-order valence-corrected chi connectivity index (χ0v) is 21.3. The number of carbonyl (C=O) groups excluding carboxylic acids is 1. The van der Waals surface area contributed by atoms with Gasteiger partial charge in [-0.1, -0.05) is 34.1 Å². The number of carbonyl (C=O) groups is 1. The van der Waals surface area contributed by atoms with E-state index in [4.69, 9.17) is 0 Å². The summed E-state index contributed by atoms with van der Waals surface area (Å²) in [5.74, 6) is 0. The maximum atomic E-state index is 12.7. The number of halogens is 1. The largest absolute Gasteiger partial charge is 0.588 e. The zero-order chi connectivity index (χ0) is 23.4. The molecule has 0 fully saturated rings. The predicted octanol–water partition coefficient (Wildman–Crippen LogP) is 6.27. The molecule has 0 saturated carbocycles. The average Bonchev–Trinajstić information content (AvgIpc) is 3.31. The van der Waals surface area contributed by atoms with Crippen LogP contribution >= 0.6 is 27.3 Å². The van der Waals surface area contributed by atoms with E-state index in [-0.39, 0.29) is 0 Å². The summed E-state index contributed by atoms with van der Waals surface area (Å²) in [6, 6.07) is 19.9. The normalized spacial score (nSPS) is 11.8. The van der Waals surface area contributed by atoms with Crippen molar-refractivity contribution in [3.05, 3.63) is 88.7 Å². The van der Waals surface area contributed by atoms with Gasteiger partial charge >= 0.3 is 0 Å². The van der Waals surface area contributed by atoms with Crippen molar-refractivity contribution in [1.82, 2.24) is 9.88 Å². The van der Waals surface area contributed by atoms with Crippen LogP contribution in [-0.4, -0.2) is 27.9 Å². The minimum Gasteiger partial charge on any atom is -0.588 e. The Hall–Kier alpha value is -2.65. The van der Waals surface area contributed by atoms with Crippen LogP contribution in [0.15, 0.2) is 82.4 Å². The lowest BCUT2D eigenvalue weighted by Crippen LogP contribution is -2.15. The van der Waals surface area contributed by atoms with Gasteiger partial charge in [-0.3, -0.25) is 9.78 Å². The molecule has 4 rings (SSSR count). The molecule has 0 aliphatic rings. The highest BCUT2D eigenvalue weighted by molar-refractivity contribution is 9.10. The van der Waals surface area contributed by atoms with Crippen LogP contribution in [0.5, 0.6) is 0 Å². The van der Waals surface area contributed by atoms with E-state index in [0.717, 1.165) is 42.9 Å². The summed E-state index contributed by atoms with van der Waals surface area (Å²) in [4.78, 5) is 19.9. The van der Waals surface area contributed by atoms with Gasteiger partial charge in [-0.15, -0.1) is 11.3 Å². The molecule has 0 saturated heterocycles. The number of thiophene rings is 1. The first kappa shape index (κ1) is 23.5. The SMILES string of the molecule is Cc1ccc(-c2ccc(-c3cncc(N[S+]([O-])c4cccc(Br)c4)c3)s2)cc1CN(C)C=O. The van der Waals surface area contributed by atoms with E-state index < -0.39 is 11.4 Å². The summed E-state index contributed by atoms with van der Waals surface area (Å²) < 4.78 is 16.6. The third-order valence-electron chi connectivity index (χ3n) is 5.08.